The quantitative estimate of drug-likeness (QED) is 0.774. The van der Waals surface area contributed by atoms with Crippen LogP contribution in [0, 0.1) is 5.92 Å². The number of carbonyl (C=O) groups is 2. The molecule has 2 N–H and O–H groups in total. The molecular formula is C22H27N3O3. The Labute approximate surface area is 165 Å². The molecule has 0 aliphatic carbocycles. The number of nitrogens with one attached hydrogen (secondary N) is 2. The largest absolute Gasteiger partial charge is 0.444 e. The van der Waals surface area contributed by atoms with E-state index >= 15 is 0 Å². The number of hydrogen-bond donors (Lipinski definition) is 2. The lowest BCUT2D eigenvalue weighted by molar-refractivity contribution is -0.120. The first-order valence-corrected chi connectivity index (χ1v) is 9.73. The Kier molecular flexibility index (Phi) is 7.44. The summed E-state index contributed by atoms with van der Waals surface area (Å²) < 4.78 is 5.44. The van der Waals surface area contributed by atoms with Crippen LogP contribution < -0.4 is 15.5 Å². The first-order chi connectivity index (χ1) is 13.7. The molecule has 0 atom stereocenters. The van der Waals surface area contributed by atoms with Crippen LogP contribution in [0.3, 0.4) is 0 Å². The van der Waals surface area contributed by atoms with Gasteiger partial charge in [-0.15, -0.1) is 0 Å². The van der Waals surface area contributed by atoms with Crippen molar-refractivity contribution in [2.75, 3.05) is 31.1 Å². The van der Waals surface area contributed by atoms with Gasteiger partial charge in [-0.05, 0) is 49.5 Å². The van der Waals surface area contributed by atoms with E-state index in [-0.39, 0.29) is 19.1 Å². The predicted octanol–water partition coefficient (Wildman–Crippen LogP) is 2.95. The van der Waals surface area contributed by atoms with Crippen LogP contribution >= 0.6 is 0 Å². The van der Waals surface area contributed by atoms with Crippen LogP contribution in [0.4, 0.5) is 10.5 Å². The van der Waals surface area contributed by atoms with Crippen LogP contribution in [0.1, 0.15) is 18.4 Å². The highest BCUT2D eigenvalue weighted by atomic mass is 16.6. The van der Waals surface area contributed by atoms with Crippen LogP contribution in [0.5, 0.6) is 0 Å². The van der Waals surface area contributed by atoms with Crippen molar-refractivity contribution in [1.29, 1.82) is 0 Å². The van der Waals surface area contributed by atoms with Crippen molar-refractivity contribution in [3.8, 4) is 0 Å². The lowest BCUT2D eigenvalue weighted by Gasteiger charge is -2.24. The van der Waals surface area contributed by atoms with Gasteiger partial charge in [0.1, 0.15) is 13.2 Å². The third-order valence-corrected chi connectivity index (χ3v) is 4.84. The molecule has 0 spiro atoms. The zero-order valence-electron chi connectivity index (χ0n) is 16.0. The molecule has 2 aromatic rings. The van der Waals surface area contributed by atoms with Gasteiger partial charge in [0.2, 0.25) is 5.91 Å². The second-order valence-electron chi connectivity index (χ2n) is 6.96. The summed E-state index contributed by atoms with van der Waals surface area (Å²) in [5, 5.41) is 6.28. The maximum Gasteiger partial charge on any atom is 0.415 e. The van der Waals surface area contributed by atoms with Crippen molar-refractivity contribution in [1.82, 2.24) is 10.6 Å². The number of para-hydroxylation sites is 1. The highest BCUT2D eigenvalue weighted by Crippen LogP contribution is 2.15. The molecule has 1 aliphatic rings. The normalized spacial score (nSPS) is 14.3. The van der Waals surface area contributed by atoms with Crippen molar-refractivity contribution < 1.29 is 14.3 Å². The molecule has 1 fully saturated rings. The van der Waals surface area contributed by atoms with Gasteiger partial charge in [0, 0.05) is 12.2 Å². The summed E-state index contributed by atoms with van der Waals surface area (Å²) in [6, 6.07) is 18.6. The molecule has 2 amide bonds. The Morgan fingerprint density at radius 2 is 1.64 bits per heavy atom. The molecule has 6 nitrogen and oxygen atoms in total. The highest BCUT2D eigenvalue weighted by molar-refractivity contribution is 5.94. The molecule has 0 bridgehead atoms. The van der Waals surface area contributed by atoms with E-state index in [0.717, 1.165) is 31.5 Å². The topological polar surface area (TPSA) is 70.7 Å². The van der Waals surface area contributed by atoms with Crippen molar-refractivity contribution in [2.24, 2.45) is 5.92 Å². The summed E-state index contributed by atoms with van der Waals surface area (Å²) in [6.45, 7) is 2.72. The van der Waals surface area contributed by atoms with Crippen LogP contribution in [-0.2, 0) is 16.1 Å². The number of carbonyl (C=O) groups excluding carboxylic acids is 2. The SMILES string of the molecule is O=C(CN(C(=O)OCc1ccccc1)c1ccccc1)NCC1CCNCC1. The number of amides is 2. The molecule has 0 radical (unpaired) electrons. The minimum Gasteiger partial charge on any atom is -0.444 e. The van der Waals surface area contributed by atoms with Gasteiger partial charge >= 0.3 is 6.09 Å². The Morgan fingerprint density at radius 1 is 1.00 bits per heavy atom. The van der Waals surface area contributed by atoms with Gasteiger partial charge in [-0.3, -0.25) is 9.69 Å². The predicted molar refractivity (Wildman–Crippen MR) is 109 cm³/mol. The van der Waals surface area contributed by atoms with E-state index in [0.29, 0.717) is 18.2 Å². The zero-order valence-corrected chi connectivity index (χ0v) is 16.0. The zero-order chi connectivity index (χ0) is 19.6. The van der Waals surface area contributed by atoms with Crippen LogP contribution in [0.15, 0.2) is 60.7 Å². The minimum atomic E-state index is -0.535. The monoisotopic (exact) mass is 381 g/mol. The van der Waals surface area contributed by atoms with Crippen LogP contribution in [-0.4, -0.2) is 38.2 Å². The van der Waals surface area contributed by atoms with Crippen LogP contribution in [0.2, 0.25) is 0 Å². The smallest absolute Gasteiger partial charge is 0.415 e. The van der Waals surface area contributed by atoms with Gasteiger partial charge in [-0.2, -0.15) is 0 Å². The van der Waals surface area contributed by atoms with Gasteiger partial charge in [0.25, 0.3) is 0 Å². The second-order valence-corrected chi connectivity index (χ2v) is 6.96. The van der Waals surface area contributed by atoms with E-state index in [1.165, 1.54) is 4.90 Å². The first-order valence-electron chi connectivity index (χ1n) is 9.73. The molecule has 3 rings (SSSR count). The van der Waals surface area contributed by atoms with E-state index in [2.05, 4.69) is 10.6 Å². The fourth-order valence-electron chi connectivity index (χ4n) is 3.21. The van der Waals surface area contributed by atoms with Gasteiger partial charge in [-0.1, -0.05) is 48.5 Å². The Morgan fingerprint density at radius 3 is 2.32 bits per heavy atom. The average Bonchev–Trinajstić information content (AvgIpc) is 2.76. The Hall–Kier alpha value is -2.86. The van der Waals surface area contributed by atoms with Crippen LogP contribution in [0.25, 0.3) is 0 Å². The fourth-order valence-corrected chi connectivity index (χ4v) is 3.21. The van der Waals surface area contributed by atoms with E-state index in [9.17, 15) is 9.59 Å². The van der Waals surface area contributed by atoms with Crippen molar-refractivity contribution in [3.63, 3.8) is 0 Å². The number of piperidine rings is 1. The molecule has 1 saturated heterocycles. The maximum atomic E-state index is 12.7. The van der Waals surface area contributed by atoms with Gasteiger partial charge in [0.05, 0.1) is 0 Å². The summed E-state index contributed by atoms with van der Waals surface area (Å²) in [6.07, 6.45) is 1.58. The van der Waals surface area contributed by atoms with E-state index in [4.69, 9.17) is 4.74 Å². The van der Waals surface area contributed by atoms with Gasteiger partial charge < -0.3 is 15.4 Å². The summed E-state index contributed by atoms with van der Waals surface area (Å²) in [7, 11) is 0. The molecular weight excluding hydrogens is 354 g/mol. The maximum absolute atomic E-state index is 12.7. The van der Waals surface area contributed by atoms with E-state index < -0.39 is 6.09 Å². The molecule has 0 unspecified atom stereocenters. The number of nitrogens with zero attached hydrogens (tertiary/aromatic N) is 1. The lowest BCUT2D eigenvalue weighted by Crippen LogP contribution is -2.43. The number of hydrogen-bond acceptors (Lipinski definition) is 4. The Bertz CT molecular complexity index is 746. The first kappa shape index (κ1) is 19.9. The fraction of sp³-hybridized carbons (Fsp3) is 0.364. The van der Waals surface area contributed by atoms with Crippen molar-refractivity contribution >= 4 is 17.7 Å². The molecule has 0 saturated carbocycles. The summed E-state index contributed by atoms with van der Waals surface area (Å²) in [4.78, 5) is 26.5. The number of benzene rings is 2. The van der Waals surface area contributed by atoms with E-state index in [1.807, 2.05) is 48.5 Å². The average molecular weight is 381 g/mol. The van der Waals surface area contributed by atoms with Crippen molar-refractivity contribution in [3.05, 3.63) is 66.2 Å². The molecule has 28 heavy (non-hydrogen) atoms. The molecule has 6 heteroatoms. The van der Waals surface area contributed by atoms with Gasteiger partial charge in [0.15, 0.2) is 0 Å². The lowest BCUT2D eigenvalue weighted by atomic mass is 9.98. The summed E-state index contributed by atoms with van der Waals surface area (Å²) >= 11 is 0. The Balaban J connectivity index is 1.58. The molecule has 148 valence electrons. The van der Waals surface area contributed by atoms with E-state index in [1.54, 1.807) is 12.1 Å². The summed E-state index contributed by atoms with van der Waals surface area (Å²) in [5.41, 5.74) is 1.54. The number of rotatable bonds is 7. The molecule has 0 aromatic heterocycles. The van der Waals surface area contributed by atoms with Gasteiger partial charge in [-0.25, -0.2) is 4.79 Å². The highest BCUT2D eigenvalue weighted by Gasteiger charge is 2.21. The molecule has 2 aromatic carbocycles. The molecule has 1 aliphatic heterocycles. The standard InChI is InChI=1S/C22H27N3O3/c26-21(24-15-18-11-13-23-14-12-18)16-25(20-9-5-2-6-10-20)22(27)28-17-19-7-3-1-4-8-19/h1-10,18,23H,11-17H2,(H,24,26). The second kappa shape index (κ2) is 10.5. The summed E-state index contributed by atoms with van der Waals surface area (Å²) in [5.74, 6) is 0.305. The van der Waals surface area contributed by atoms with Crippen molar-refractivity contribution in [2.45, 2.75) is 19.4 Å². The minimum absolute atomic E-state index is 0.0669. The number of ether oxygens (including phenoxy) is 1. The third-order valence-electron chi connectivity index (χ3n) is 4.84. The third kappa shape index (κ3) is 6.09. The molecule has 1 heterocycles. The number of anilines is 1.